The van der Waals surface area contributed by atoms with Crippen LogP contribution in [0.2, 0.25) is 0 Å². The summed E-state index contributed by atoms with van der Waals surface area (Å²) in [5.41, 5.74) is 2.48. The largest absolute Gasteiger partial charge is 0.496 e. The molecule has 4 rings (SSSR count). The van der Waals surface area contributed by atoms with Gasteiger partial charge in [-0.3, -0.25) is 0 Å². The van der Waals surface area contributed by atoms with Gasteiger partial charge in [-0.15, -0.1) is 0 Å². The van der Waals surface area contributed by atoms with Crippen molar-refractivity contribution < 1.29 is 13.9 Å². The Balaban J connectivity index is 1.55. The molecule has 176 valence electrons. The van der Waals surface area contributed by atoms with Crippen molar-refractivity contribution in [1.29, 1.82) is 0 Å². The number of methoxy groups -OCH3 is 1. The van der Waals surface area contributed by atoms with E-state index in [1.54, 1.807) is 13.3 Å². The Morgan fingerprint density at radius 1 is 0.971 bits per heavy atom. The molecule has 34 heavy (non-hydrogen) atoms. The SMILES string of the molecule is CCCOCCCNc1nc(Nc2ccc(-c3cnco3)c(OC)c2)nc(-c2ccccc2)n1. The summed E-state index contributed by atoms with van der Waals surface area (Å²) in [4.78, 5) is 17.8. The van der Waals surface area contributed by atoms with Gasteiger partial charge < -0.3 is 24.5 Å². The van der Waals surface area contributed by atoms with E-state index in [4.69, 9.17) is 13.9 Å². The molecule has 2 aromatic carbocycles. The molecule has 4 aromatic rings. The molecule has 0 unspecified atom stereocenters. The smallest absolute Gasteiger partial charge is 0.232 e. The maximum absolute atomic E-state index is 5.55. The fourth-order valence-electron chi connectivity index (χ4n) is 3.30. The van der Waals surface area contributed by atoms with Crippen molar-refractivity contribution in [2.45, 2.75) is 19.8 Å². The second-order valence-electron chi connectivity index (χ2n) is 7.47. The normalized spacial score (nSPS) is 10.8. The Bertz CT molecular complexity index is 1170. The Kier molecular flexibility index (Phi) is 8.02. The van der Waals surface area contributed by atoms with E-state index < -0.39 is 0 Å². The van der Waals surface area contributed by atoms with Gasteiger partial charge in [-0.2, -0.15) is 15.0 Å². The molecule has 0 atom stereocenters. The number of ether oxygens (including phenoxy) is 2. The molecule has 0 spiro atoms. The molecule has 9 nitrogen and oxygen atoms in total. The van der Waals surface area contributed by atoms with E-state index in [0.717, 1.165) is 36.3 Å². The van der Waals surface area contributed by atoms with Gasteiger partial charge in [-0.25, -0.2) is 4.98 Å². The maximum Gasteiger partial charge on any atom is 0.232 e. The minimum absolute atomic E-state index is 0.424. The number of nitrogens with zero attached hydrogens (tertiary/aromatic N) is 4. The number of benzene rings is 2. The highest BCUT2D eigenvalue weighted by Gasteiger charge is 2.13. The Labute approximate surface area is 198 Å². The number of anilines is 3. The van der Waals surface area contributed by atoms with Gasteiger partial charge in [0.2, 0.25) is 11.9 Å². The number of aromatic nitrogens is 4. The number of nitrogens with one attached hydrogen (secondary N) is 2. The van der Waals surface area contributed by atoms with Crippen LogP contribution in [0.3, 0.4) is 0 Å². The minimum Gasteiger partial charge on any atom is -0.496 e. The van der Waals surface area contributed by atoms with Gasteiger partial charge >= 0.3 is 0 Å². The summed E-state index contributed by atoms with van der Waals surface area (Å²) < 4.78 is 16.5. The number of oxazole rings is 1. The van der Waals surface area contributed by atoms with Crippen LogP contribution in [0, 0.1) is 0 Å². The summed E-state index contributed by atoms with van der Waals surface area (Å²) in [5, 5.41) is 6.55. The number of rotatable bonds is 12. The van der Waals surface area contributed by atoms with Crippen LogP contribution in [0.25, 0.3) is 22.7 Å². The van der Waals surface area contributed by atoms with Gasteiger partial charge in [0, 0.05) is 37.1 Å². The molecule has 2 N–H and O–H groups in total. The number of hydrogen-bond acceptors (Lipinski definition) is 9. The predicted molar refractivity (Wildman–Crippen MR) is 131 cm³/mol. The van der Waals surface area contributed by atoms with E-state index in [0.29, 0.717) is 42.4 Å². The third-order valence-electron chi connectivity index (χ3n) is 4.92. The molecular weight excluding hydrogens is 432 g/mol. The average Bonchev–Trinajstić information content (AvgIpc) is 3.41. The van der Waals surface area contributed by atoms with E-state index in [9.17, 15) is 0 Å². The second-order valence-corrected chi connectivity index (χ2v) is 7.47. The summed E-state index contributed by atoms with van der Waals surface area (Å²) >= 11 is 0. The Morgan fingerprint density at radius 2 is 1.82 bits per heavy atom. The average molecular weight is 461 g/mol. The molecule has 0 aliphatic rings. The molecule has 0 radical (unpaired) electrons. The lowest BCUT2D eigenvalue weighted by Crippen LogP contribution is -2.11. The van der Waals surface area contributed by atoms with Crippen LogP contribution in [0.15, 0.2) is 65.5 Å². The van der Waals surface area contributed by atoms with Crippen LogP contribution in [-0.2, 0) is 4.74 Å². The van der Waals surface area contributed by atoms with E-state index in [1.165, 1.54) is 6.39 Å². The summed E-state index contributed by atoms with van der Waals surface area (Å²) in [5.74, 6) is 2.77. The highest BCUT2D eigenvalue weighted by molar-refractivity contribution is 5.71. The first-order valence-corrected chi connectivity index (χ1v) is 11.2. The predicted octanol–water partition coefficient (Wildman–Crippen LogP) is 5.17. The van der Waals surface area contributed by atoms with E-state index >= 15 is 0 Å². The van der Waals surface area contributed by atoms with E-state index in [1.807, 2.05) is 48.5 Å². The third kappa shape index (κ3) is 6.08. The first kappa shape index (κ1) is 23.2. The highest BCUT2D eigenvalue weighted by Crippen LogP contribution is 2.33. The lowest BCUT2D eigenvalue weighted by atomic mass is 10.1. The zero-order valence-corrected chi connectivity index (χ0v) is 19.3. The molecule has 0 bridgehead atoms. The Morgan fingerprint density at radius 3 is 2.59 bits per heavy atom. The summed E-state index contributed by atoms with van der Waals surface area (Å²) in [6.07, 6.45) is 4.91. The van der Waals surface area contributed by atoms with Crippen LogP contribution in [-0.4, -0.2) is 46.8 Å². The highest BCUT2D eigenvalue weighted by atomic mass is 16.5. The summed E-state index contributed by atoms with van der Waals surface area (Å²) in [6.45, 7) is 4.26. The van der Waals surface area contributed by atoms with E-state index in [2.05, 4.69) is 37.5 Å². The van der Waals surface area contributed by atoms with Crippen LogP contribution >= 0.6 is 0 Å². The van der Waals surface area contributed by atoms with Crippen molar-refractivity contribution in [2.75, 3.05) is 37.5 Å². The molecule has 0 amide bonds. The van der Waals surface area contributed by atoms with Crippen molar-refractivity contribution in [3.05, 3.63) is 61.1 Å². The van der Waals surface area contributed by atoms with E-state index in [-0.39, 0.29) is 0 Å². The monoisotopic (exact) mass is 460 g/mol. The zero-order chi connectivity index (χ0) is 23.6. The van der Waals surface area contributed by atoms with Crippen molar-refractivity contribution in [1.82, 2.24) is 19.9 Å². The molecule has 9 heteroatoms. The topological polar surface area (TPSA) is 107 Å². The summed E-state index contributed by atoms with van der Waals surface area (Å²) in [7, 11) is 1.61. The lowest BCUT2D eigenvalue weighted by molar-refractivity contribution is 0.134. The molecule has 0 saturated carbocycles. The quantitative estimate of drug-likeness (QED) is 0.277. The maximum atomic E-state index is 5.55. The van der Waals surface area contributed by atoms with Crippen molar-refractivity contribution >= 4 is 17.6 Å². The number of hydrogen-bond donors (Lipinski definition) is 2. The lowest BCUT2D eigenvalue weighted by Gasteiger charge is -2.12. The van der Waals surface area contributed by atoms with Gasteiger partial charge in [-0.05, 0) is 25.0 Å². The Hall–Kier alpha value is -3.98. The van der Waals surface area contributed by atoms with Gasteiger partial charge in [0.1, 0.15) is 5.75 Å². The standard InChI is InChI=1S/C25H28N6O3/c1-3-13-33-14-7-12-27-24-29-23(18-8-5-4-6-9-18)30-25(31-24)28-19-10-11-20(21(15-19)32-2)22-16-26-17-34-22/h4-6,8-11,15-17H,3,7,12-14H2,1-2H3,(H2,27,28,29,30,31). The molecule has 2 heterocycles. The molecule has 2 aromatic heterocycles. The van der Waals surface area contributed by atoms with Crippen LogP contribution in [0.1, 0.15) is 19.8 Å². The minimum atomic E-state index is 0.424. The van der Waals surface area contributed by atoms with Crippen molar-refractivity contribution in [2.24, 2.45) is 0 Å². The molecular formula is C25H28N6O3. The molecule has 0 aliphatic heterocycles. The molecule has 0 saturated heterocycles. The molecule has 0 fully saturated rings. The molecule has 0 aliphatic carbocycles. The fourth-order valence-corrected chi connectivity index (χ4v) is 3.30. The van der Waals surface area contributed by atoms with Crippen LogP contribution in [0.5, 0.6) is 5.75 Å². The van der Waals surface area contributed by atoms with Crippen molar-refractivity contribution in [3.63, 3.8) is 0 Å². The van der Waals surface area contributed by atoms with Gasteiger partial charge in [0.25, 0.3) is 0 Å². The fraction of sp³-hybridized carbons (Fsp3) is 0.280. The zero-order valence-electron chi connectivity index (χ0n) is 19.3. The van der Waals surface area contributed by atoms with Crippen LogP contribution in [0.4, 0.5) is 17.6 Å². The third-order valence-corrected chi connectivity index (χ3v) is 4.92. The first-order valence-electron chi connectivity index (χ1n) is 11.2. The van der Waals surface area contributed by atoms with Crippen LogP contribution < -0.4 is 15.4 Å². The van der Waals surface area contributed by atoms with Crippen molar-refractivity contribution in [3.8, 4) is 28.5 Å². The van der Waals surface area contributed by atoms with Gasteiger partial charge in [0.15, 0.2) is 18.0 Å². The second kappa shape index (κ2) is 11.8. The van der Waals surface area contributed by atoms with Gasteiger partial charge in [-0.1, -0.05) is 37.3 Å². The first-order chi connectivity index (χ1) is 16.8. The van der Waals surface area contributed by atoms with Gasteiger partial charge in [0.05, 0.1) is 18.9 Å². The summed E-state index contributed by atoms with van der Waals surface area (Å²) in [6, 6.07) is 15.5.